The highest BCUT2D eigenvalue weighted by molar-refractivity contribution is 6.35. The molecule has 3 rings (SSSR count). The van der Waals surface area contributed by atoms with Crippen molar-refractivity contribution in [3.8, 4) is 5.75 Å². The van der Waals surface area contributed by atoms with Gasteiger partial charge >= 0.3 is 11.8 Å². The van der Waals surface area contributed by atoms with E-state index in [-0.39, 0.29) is 19.2 Å². The van der Waals surface area contributed by atoms with Gasteiger partial charge in [-0.15, -0.1) is 0 Å². The number of hydrogen-bond acceptors (Lipinski definition) is 5. The van der Waals surface area contributed by atoms with Crippen LogP contribution >= 0.6 is 0 Å². The lowest BCUT2D eigenvalue weighted by molar-refractivity contribution is -0.186. The molecule has 1 saturated carbocycles. The maximum absolute atomic E-state index is 11.9. The Morgan fingerprint density at radius 1 is 1.12 bits per heavy atom. The van der Waals surface area contributed by atoms with E-state index in [9.17, 15) is 9.59 Å². The summed E-state index contributed by atoms with van der Waals surface area (Å²) in [5, 5.41) is 5.23. The van der Waals surface area contributed by atoms with E-state index in [1.807, 2.05) is 12.1 Å². The average Bonchev–Trinajstić information content (AvgIpc) is 3.07. The number of nitrogens with one attached hydrogen (secondary N) is 2. The Kier molecular flexibility index (Phi) is 6.11. The molecule has 1 heterocycles. The fourth-order valence-corrected chi connectivity index (χ4v) is 3.36. The molecule has 1 atom stereocenters. The lowest BCUT2D eigenvalue weighted by atomic mass is 9.94. The molecular weight excluding hydrogens is 336 g/mol. The molecule has 142 valence electrons. The van der Waals surface area contributed by atoms with Crippen LogP contribution in [0.2, 0.25) is 0 Å². The van der Waals surface area contributed by atoms with Gasteiger partial charge in [-0.2, -0.15) is 0 Å². The molecule has 1 spiro atoms. The molecule has 26 heavy (non-hydrogen) atoms. The highest BCUT2D eigenvalue weighted by Gasteiger charge is 2.42. The second-order valence-electron chi connectivity index (χ2n) is 6.76. The smallest absolute Gasteiger partial charge is 0.309 e. The van der Waals surface area contributed by atoms with E-state index < -0.39 is 17.6 Å². The first-order chi connectivity index (χ1) is 12.6. The van der Waals surface area contributed by atoms with E-state index in [1.165, 1.54) is 6.42 Å². The molecule has 2 aliphatic rings. The summed E-state index contributed by atoms with van der Waals surface area (Å²) in [6, 6.07) is 7.29. The van der Waals surface area contributed by atoms with Crippen molar-refractivity contribution in [2.75, 3.05) is 20.3 Å². The van der Waals surface area contributed by atoms with Gasteiger partial charge < -0.3 is 24.8 Å². The highest BCUT2D eigenvalue weighted by atomic mass is 16.7. The maximum Gasteiger partial charge on any atom is 0.309 e. The topological polar surface area (TPSA) is 85.9 Å². The lowest BCUT2D eigenvalue weighted by Crippen LogP contribution is -2.43. The van der Waals surface area contributed by atoms with E-state index in [0.717, 1.165) is 37.0 Å². The van der Waals surface area contributed by atoms with Crippen LogP contribution in [0, 0.1) is 0 Å². The Morgan fingerprint density at radius 3 is 2.50 bits per heavy atom. The molecule has 0 bridgehead atoms. The first-order valence-electron chi connectivity index (χ1n) is 9.11. The summed E-state index contributed by atoms with van der Waals surface area (Å²) in [5.74, 6) is -1.05. The maximum atomic E-state index is 11.9. The van der Waals surface area contributed by atoms with Gasteiger partial charge in [0.05, 0.1) is 13.7 Å². The van der Waals surface area contributed by atoms with Crippen molar-refractivity contribution in [3.05, 3.63) is 29.8 Å². The third-order valence-electron chi connectivity index (χ3n) is 4.84. The Labute approximate surface area is 153 Å². The van der Waals surface area contributed by atoms with E-state index >= 15 is 0 Å². The van der Waals surface area contributed by atoms with Crippen LogP contribution in [0.25, 0.3) is 0 Å². The molecule has 1 aliphatic heterocycles. The Balaban J connectivity index is 1.38. The van der Waals surface area contributed by atoms with Gasteiger partial charge in [-0.1, -0.05) is 18.6 Å². The predicted octanol–water partition coefficient (Wildman–Crippen LogP) is 1.50. The Hall–Kier alpha value is -2.12. The molecule has 2 amide bonds. The van der Waals surface area contributed by atoms with Crippen molar-refractivity contribution in [1.82, 2.24) is 10.6 Å². The van der Waals surface area contributed by atoms with Gasteiger partial charge in [0.1, 0.15) is 11.9 Å². The van der Waals surface area contributed by atoms with Crippen LogP contribution in [-0.2, 0) is 25.6 Å². The van der Waals surface area contributed by atoms with E-state index in [2.05, 4.69) is 10.6 Å². The van der Waals surface area contributed by atoms with Crippen LogP contribution in [0.3, 0.4) is 0 Å². The zero-order valence-corrected chi connectivity index (χ0v) is 15.1. The van der Waals surface area contributed by atoms with Gasteiger partial charge in [0.2, 0.25) is 0 Å². The van der Waals surface area contributed by atoms with Gasteiger partial charge in [0.15, 0.2) is 5.79 Å². The molecule has 0 aromatic heterocycles. The third-order valence-corrected chi connectivity index (χ3v) is 4.84. The Bertz CT molecular complexity index is 625. The fraction of sp³-hybridized carbons (Fsp3) is 0.579. The van der Waals surface area contributed by atoms with Gasteiger partial charge in [0, 0.05) is 25.9 Å². The highest BCUT2D eigenvalue weighted by Crippen LogP contribution is 2.37. The quantitative estimate of drug-likeness (QED) is 0.776. The number of amides is 2. The summed E-state index contributed by atoms with van der Waals surface area (Å²) in [5.41, 5.74) is 0.888. The minimum absolute atomic E-state index is 0.202. The molecule has 0 radical (unpaired) electrons. The number of ether oxygens (including phenoxy) is 3. The number of carbonyl (C=O) groups is 2. The van der Waals surface area contributed by atoms with Crippen LogP contribution in [0.4, 0.5) is 0 Å². The number of benzene rings is 1. The van der Waals surface area contributed by atoms with Crippen molar-refractivity contribution >= 4 is 11.8 Å². The van der Waals surface area contributed by atoms with Crippen LogP contribution in [-0.4, -0.2) is 44.0 Å². The zero-order chi connectivity index (χ0) is 18.4. The van der Waals surface area contributed by atoms with E-state index in [1.54, 1.807) is 19.2 Å². The third kappa shape index (κ3) is 4.74. The normalized spacial score (nSPS) is 21.3. The van der Waals surface area contributed by atoms with Crippen LogP contribution in [0.5, 0.6) is 5.75 Å². The van der Waals surface area contributed by atoms with E-state index in [0.29, 0.717) is 6.61 Å². The van der Waals surface area contributed by atoms with Crippen molar-refractivity contribution < 1.29 is 23.8 Å². The molecule has 7 nitrogen and oxygen atoms in total. The molecule has 1 saturated heterocycles. The second kappa shape index (κ2) is 8.51. The zero-order valence-electron chi connectivity index (χ0n) is 15.1. The van der Waals surface area contributed by atoms with Crippen molar-refractivity contribution in [1.29, 1.82) is 0 Å². The van der Waals surface area contributed by atoms with Gasteiger partial charge in [-0.05, 0) is 30.5 Å². The summed E-state index contributed by atoms with van der Waals surface area (Å²) in [6.45, 7) is 1.01. The summed E-state index contributed by atoms with van der Waals surface area (Å²) in [7, 11) is 1.59. The lowest BCUT2D eigenvalue weighted by Gasteiger charge is -2.31. The first-order valence-corrected chi connectivity index (χ1v) is 9.11. The number of carbonyl (C=O) groups excluding carboxylic acids is 2. The molecule has 7 heteroatoms. The molecule has 0 unspecified atom stereocenters. The molecule has 2 fully saturated rings. The molecular formula is C19H26N2O5. The molecule has 1 aromatic carbocycles. The Morgan fingerprint density at radius 2 is 1.81 bits per heavy atom. The standard InChI is InChI=1S/C19H26N2O5/c1-24-15-7-5-14(6-8-15)11-20-17(22)18(23)21-12-16-13-25-19(26-16)9-3-2-4-10-19/h5-8,16H,2-4,9-13H2,1H3,(H,20,22)(H,21,23)/t16-/m0/s1. The summed E-state index contributed by atoms with van der Waals surface area (Å²) < 4.78 is 16.9. The minimum Gasteiger partial charge on any atom is -0.497 e. The second-order valence-corrected chi connectivity index (χ2v) is 6.76. The summed E-state index contributed by atoms with van der Waals surface area (Å²) in [4.78, 5) is 23.9. The first kappa shape index (κ1) is 18.7. The number of hydrogen-bond donors (Lipinski definition) is 2. The van der Waals surface area contributed by atoms with Gasteiger partial charge in [-0.3, -0.25) is 9.59 Å². The monoisotopic (exact) mass is 362 g/mol. The van der Waals surface area contributed by atoms with Crippen LogP contribution < -0.4 is 15.4 Å². The average molecular weight is 362 g/mol. The predicted molar refractivity (Wildman–Crippen MR) is 94.5 cm³/mol. The number of rotatable bonds is 5. The number of methoxy groups -OCH3 is 1. The van der Waals surface area contributed by atoms with Crippen molar-refractivity contribution in [3.63, 3.8) is 0 Å². The van der Waals surface area contributed by atoms with Crippen LogP contribution in [0.15, 0.2) is 24.3 Å². The largest absolute Gasteiger partial charge is 0.497 e. The fourth-order valence-electron chi connectivity index (χ4n) is 3.36. The minimum atomic E-state index is -0.660. The summed E-state index contributed by atoms with van der Waals surface area (Å²) in [6.07, 6.45) is 5.02. The molecule has 1 aliphatic carbocycles. The molecule has 1 aromatic rings. The summed E-state index contributed by atoms with van der Waals surface area (Å²) >= 11 is 0. The van der Waals surface area contributed by atoms with Gasteiger partial charge in [0.25, 0.3) is 0 Å². The molecule has 2 N–H and O–H groups in total. The van der Waals surface area contributed by atoms with Crippen molar-refractivity contribution in [2.24, 2.45) is 0 Å². The SMILES string of the molecule is COc1ccc(CNC(=O)C(=O)NC[C@H]2COC3(CCCCC3)O2)cc1. The van der Waals surface area contributed by atoms with Gasteiger partial charge in [-0.25, -0.2) is 0 Å². The van der Waals surface area contributed by atoms with Crippen molar-refractivity contribution in [2.45, 2.75) is 50.5 Å². The van der Waals surface area contributed by atoms with E-state index in [4.69, 9.17) is 14.2 Å². The van der Waals surface area contributed by atoms with Crippen LogP contribution in [0.1, 0.15) is 37.7 Å².